The van der Waals surface area contributed by atoms with Gasteiger partial charge < -0.3 is 10.6 Å². The summed E-state index contributed by atoms with van der Waals surface area (Å²) in [6.45, 7) is 4.88. The Kier molecular flexibility index (Phi) is 5.27. The third-order valence-corrected chi connectivity index (χ3v) is 4.20. The molecule has 2 N–H and O–H groups in total. The van der Waals surface area contributed by atoms with Crippen molar-refractivity contribution in [3.63, 3.8) is 0 Å². The Morgan fingerprint density at radius 2 is 2.05 bits per heavy atom. The zero-order chi connectivity index (χ0) is 15.2. The average molecular weight is 307 g/mol. The molecular weight excluding hydrogens is 289 g/mol. The number of halogens is 1. The Morgan fingerprint density at radius 3 is 2.71 bits per heavy atom. The standard InChI is InChI=1S/C15H18FN3OS/c1-3-10-5-6-11(21-10)9-19-15(20)12-7-8-18-14(13(12)16)17-4-2/h5-8H,3-4,9H2,1-2H3,(H,17,18)(H,19,20). The zero-order valence-electron chi connectivity index (χ0n) is 12.1. The monoisotopic (exact) mass is 307 g/mol. The summed E-state index contributed by atoms with van der Waals surface area (Å²) in [7, 11) is 0. The lowest BCUT2D eigenvalue weighted by molar-refractivity contribution is 0.0947. The Balaban J connectivity index is 2.04. The molecule has 0 saturated heterocycles. The molecule has 6 heteroatoms. The van der Waals surface area contributed by atoms with Crippen LogP contribution in [0.15, 0.2) is 24.4 Å². The van der Waals surface area contributed by atoms with Gasteiger partial charge in [-0.3, -0.25) is 4.79 Å². The number of hydrogen-bond acceptors (Lipinski definition) is 4. The van der Waals surface area contributed by atoms with Crippen molar-refractivity contribution in [1.82, 2.24) is 10.3 Å². The second-order valence-corrected chi connectivity index (χ2v) is 5.71. The number of anilines is 1. The zero-order valence-corrected chi connectivity index (χ0v) is 12.9. The molecule has 112 valence electrons. The number of nitrogens with one attached hydrogen (secondary N) is 2. The second-order valence-electron chi connectivity index (χ2n) is 4.46. The van der Waals surface area contributed by atoms with Gasteiger partial charge in [0, 0.05) is 22.5 Å². The normalized spacial score (nSPS) is 10.4. The van der Waals surface area contributed by atoms with Crippen molar-refractivity contribution in [2.45, 2.75) is 26.8 Å². The number of pyridine rings is 1. The van der Waals surface area contributed by atoms with E-state index in [1.807, 2.05) is 19.1 Å². The molecule has 0 aromatic carbocycles. The van der Waals surface area contributed by atoms with E-state index in [2.05, 4.69) is 22.5 Å². The lowest BCUT2D eigenvalue weighted by Crippen LogP contribution is -2.24. The summed E-state index contributed by atoms with van der Waals surface area (Å²) >= 11 is 1.65. The van der Waals surface area contributed by atoms with Gasteiger partial charge in [-0.2, -0.15) is 0 Å². The SMILES string of the molecule is CCNc1nccc(C(=O)NCc2ccc(CC)s2)c1F. The van der Waals surface area contributed by atoms with Crippen molar-refractivity contribution in [1.29, 1.82) is 0 Å². The van der Waals surface area contributed by atoms with Crippen LogP contribution in [0.3, 0.4) is 0 Å². The molecule has 0 spiro atoms. The fraction of sp³-hybridized carbons (Fsp3) is 0.333. The number of amides is 1. The van der Waals surface area contributed by atoms with E-state index < -0.39 is 11.7 Å². The van der Waals surface area contributed by atoms with Gasteiger partial charge in [0.05, 0.1) is 12.1 Å². The van der Waals surface area contributed by atoms with Gasteiger partial charge in [0.1, 0.15) is 0 Å². The first kappa shape index (κ1) is 15.4. The Hall–Kier alpha value is -1.95. The maximum atomic E-state index is 14.1. The van der Waals surface area contributed by atoms with E-state index in [0.717, 1.165) is 11.3 Å². The lowest BCUT2D eigenvalue weighted by atomic mass is 10.2. The van der Waals surface area contributed by atoms with Gasteiger partial charge in [0.25, 0.3) is 5.91 Å². The smallest absolute Gasteiger partial charge is 0.254 e. The van der Waals surface area contributed by atoms with Crippen LogP contribution in [0.1, 0.15) is 34.0 Å². The first-order valence-corrected chi connectivity index (χ1v) is 7.71. The van der Waals surface area contributed by atoms with E-state index in [1.165, 1.54) is 17.1 Å². The number of rotatable bonds is 6. The molecule has 0 aliphatic carbocycles. The van der Waals surface area contributed by atoms with Crippen LogP contribution in [0, 0.1) is 5.82 Å². The molecule has 2 rings (SSSR count). The van der Waals surface area contributed by atoms with E-state index in [-0.39, 0.29) is 11.4 Å². The summed E-state index contributed by atoms with van der Waals surface area (Å²) in [5, 5.41) is 5.53. The Labute approximate surface area is 127 Å². The lowest BCUT2D eigenvalue weighted by Gasteiger charge is -2.08. The average Bonchev–Trinajstić information content (AvgIpc) is 2.95. The van der Waals surface area contributed by atoms with Crippen LogP contribution in [0.5, 0.6) is 0 Å². The molecule has 2 aromatic heterocycles. The highest BCUT2D eigenvalue weighted by Gasteiger charge is 2.15. The van der Waals surface area contributed by atoms with Gasteiger partial charge in [-0.05, 0) is 31.5 Å². The maximum absolute atomic E-state index is 14.1. The van der Waals surface area contributed by atoms with Gasteiger partial charge in [0.15, 0.2) is 11.6 Å². The molecule has 0 fully saturated rings. The first-order valence-electron chi connectivity index (χ1n) is 6.89. The van der Waals surface area contributed by atoms with Gasteiger partial charge in [-0.25, -0.2) is 9.37 Å². The molecule has 0 aliphatic heterocycles. The summed E-state index contributed by atoms with van der Waals surface area (Å²) in [6, 6.07) is 5.41. The first-order chi connectivity index (χ1) is 10.2. The molecule has 0 unspecified atom stereocenters. The summed E-state index contributed by atoms with van der Waals surface area (Å²) < 4.78 is 14.1. The van der Waals surface area contributed by atoms with Crippen molar-refractivity contribution in [3.05, 3.63) is 45.5 Å². The maximum Gasteiger partial charge on any atom is 0.254 e. The molecule has 0 aliphatic rings. The van der Waals surface area contributed by atoms with Gasteiger partial charge in [-0.15, -0.1) is 11.3 Å². The minimum absolute atomic E-state index is 0.00761. The van der Waals surface area contributed by atoms with Crippen molar-refractivity contribution < 1.29 is 9.18 Å². The van der Waals surface area contributed by atoms with Crippen LogP contribution in [0.25, 0.3) is 0 Å². The number of aryl methyl sites for hydroxylation is 1. The van der Waals surface area contributed by atoms with Crippen LogP contribution >= 0.6 is 11.3 Å². The van der Waals surface area contributed by atoms with Crippen molar-refractivity contribution in [2.75, 3.05) is 11.9 Å². The number of aromatic nitrogens is 1. The quantitative estimate of drug-likeness (QED) is 0.861. The molecule has 0 bridgehead atoms. The fourth-order valence-corrected chi connectivity index (χ4v) is 2.78. The molecule has 0 atom stereocenters. The molecular formula is C15H18FN3OS. The van der Waals surface area contributed by atoms with Crippen LogP contribution in [0.2, 0.25) is 0 Å². The van der Waals surface area contributed by atoms with Crippen LogP contribution < -0.4 is 10.6 Å². The topological polar surface area (TPSA) is 54.0 Å². The second kappa shape index (κ2) is 7.17. The van der Waals surface area contributed by atoms with E-state index >= 15 is 0 Å². The Bertz CT molecular complexity index is 627. The third kappa shape index (κ3) is 3.78. The van der Waals surface area contributed by atoms with E-state index in [1.54, 1.807) is 11.3 Å². The highest BCUT2D eigenvalue weighted by Crippen LogP contribution is 2.18. The molecule has 0 radical (unpaired) electrons. The molecule has 2 heterocycles. The summed E-state index contributed by atoms with van der Waals surface area (Å²) in [5.74, 6) is -0.938. The van der Waals surface area contributed by atoms with E-state index in [4.69, 9.17) is 0 Å². The fourth-order valence-electron chi connectivity index (χ4n) is 1.88. The van der Waals surface area contributed by atoms with Gasteiger partial charge >= 0.3 is 0 Å². The summed E-state index contributed by atoms with van der Waals surface area (Å²) in [5.41, 5.74) is 0.00761. The highest BCUT2D eigenvalue weighted by molar-refractivity contribution is 7.11. The highest BCUT2D eigenvalue weighted by atomic mass is 32.1. The summed E-state index contributed by atoms with van der Waals surface area (Å²) in [4.78, 5) is 18.3. The Morgan fingerprint density at radius 1 is 1.29 bits per heavy atom. The molecule has 4 nitrogen and oxygen atoms in total. The van der Waals surface area contributed by atoms with Crippen LogP contribution in [-0.2, 0) is 13.0 Å². The van der Waals surface area contributed by atoms with Crippen molar-refractivity contribution in [3.8, 4) is 0 Å². The minimum Gasteiger partial charge on any atom is -0.368 e. The number of hydrogen-bond donors (Lipinski definition) is 2. The summed E-state index contributed by atoms with van der Waals surface area (Å²) in [6.07, 6.45) is 2.40. The van der Waals surface area contributed by atoms with Crippen molar-refractivity contribution in [2.24, 2.45) is 0 Å². The van der Waals surface area contributed by atoms with E-state index in [9.17, 15) is 9.18 Å². The van der Waals surface area contributed by atoms with Crippen LogP contribution in [-0.4, -0.2) is 17.4 Å². The minimum atomic E-state index is -0.614. The molecule has 2 aromatic rings. The third-order valence-electron chi connectivity index (χ3n) is 2.97. The van der Waals surface area contributed by atoms with E-state index in [0.29, 0.717) is 13.1 Å². The molecule has 21 heavy (non-hydrogen) atoms. The predicted octanol–water partition coefficient (Wildman–Crippen LogP) is 3.21. The van der Waals surface area contributed by atoms with Gasteiger partial charge in [0.2, 0.25) is 0 Å². The largest absolute Gasteiger partial charge is 0.368 e. The molecule has 0 saturated carbocycles. The number of carbonyl (C=O) groups is 1. The van der Waals surface area contributed by atoms with Crippen LogP contribution in [0.4, 0.5) is 10.2 Å². The van der Waals surface area contributed by atoms with Crippen molar-refractivity contribution >= 4 is 23.1 Å². The number of carbonyl (C=O) groups excluding carboxylic acids is 1. The predicted molar refractivity (Wildman–Crippen MR) is 83.2 cm³/mol. The molecule has 1 amide bonds. The number of nitrogens with zero attached hydrogens (tertiary/aromatic N) is 1. The van der Waals surface area contributed by atoms with Gasteiger partial charge in [-0.1, -0.05) is 6.92 Å². The number of thiophene rings is 1.